The Kier molecular flexibility index (Phi) is 5.23. The minimum atomic E-state index is 0.206. The molecule has 0 heterocycles. The summed E-state index contributed by atoms with van der Waals surface area (Å²) in [4.78, 5) is 2.11. The number of hydrogen-bond acceptors (Lipinski definition) is 3. The lowest BCUT2D eigenvalue weighted by Gasteiger charge is -2.17. The van der Waals surface area contributed by atoms with Gasteiger partial charge in [-0.2, -0.15) is 0 Å². The molecule has 100 valence electrons. The molecule has 1 N–H and O–H groups in total. The van der Waals surface area contributed by atoms with Crippen LogP contribution in [0.2, 0.25) is 0 Å². The van der Waals surface area contributed by atoms with E-state index < -0.39 is 0 Å². The van der Waals surface area contributed by atoms with Crippen molar-refractivity contribution in [2.45, 2.75) is 26.8 Å². The first-order chi connectivity index (χ1) is 8.45. The number of rotatable bonds is 5. The maximum atomic E-state index is 9.86. The standard InChI is InChI=1S/C15H23NO2/c1-11(2)6-8-13-12(10-16(3)4)7-9-14(17)15(13)18-5/h6-7,9,17H,8,10H2,1-5H3. The lowest BCUT2D eigenvalue weighted by molar-refractivity contribution is 0.364. The Bertz CT molecular complexity index is 432. The van der Waals surface area contributed by atoms with Gasteiger partial charge in [0.25, 0.3) is 0 Å². The molecule has 0 fully saturated rings. The SMILES string of the molecule is COc1c(O)ccc(CN(C)C)c1CC=C(C)C. The molecule has 0 aliphatic rings. The van der Waals surface area contributed by atoms with Crippen molar-refractivity contribution in [1.82, 2.24) is 4.90 Å². The summed E-state index contributed by atoms with van der Waals surface area (Å²) in [6.07, 6.45) is 2.93. The molecule has 0 aliphatic heterocycles. The van der Waals surface area contributed by atoms with Gasteiger partial charge >= 0.3 is 0 Å². The Labute approximate surface area is 110 Å². The van der Waals surface area contributed by atoms with Crippen LogP contribution in [0.15, 0.2) is 23.8 Å². The smallest absolute Gasteiger partial charge is 0.164 e. The van der Waals surface area contributed by atoms with Gasteiger partial charge in [0.15, 0.2) is 11.5 Å². The molecule has 0 saturated carbocycles. The van der Waals surface area contributed by atoms with Crippen molar-refractivity contribution in [2.24, 2.45) is 0 Å². The van der Waals surface area contributed by atoms with Crippen LogP contribution in [-0.4, -0.2) is 31.2 Å². The molecule has 1 aromatic carbocycles. The molecule has 0 saturated heterocycles. The topological polar surface area (TPSA) is 32.7 Å². The summed E-state index contributed by atoms with van der Waals surface area (Å²) < 4.78 is 5.33. The number of benzene rings is 1. The van der Waals surface area contributed by atoms with Crippen molar-refractivity contribution in [3.63, 3.8) is 0 Å². The zero-order chi connectivity index (χ0) is 13.7. The van der Waals surface area contributed by atoms with Gasteiger partial charge in [-0.15, -0.1) is 0 Å². The average Bonchev–Trinajstić information content (AvgIpc) is 2.28. The molecule has 1 rings (SSSR count). The number of phenols is 1. The molecule has 0 atom stereocenters. The summed E-state index contributed by atoms with van der Waals surface area (Å²) in [6.45, 7) is 4.98. The first kappa shape index (κ1) is 14.6. The summed E-state index contributed by atoms with van der Waals surface area (Å²) in [6, 6.07) is 3.66. The fourth-order valence-electron chi connectivity index (χ4n) is 1.90. The summed E-state index contributed by atoms with van der Waals surface area (Å²) in [5.41, 5.74) is 3.51. The summed E-state index contributed by atoms with van der Waals surface area (Å²) in [5, 5.41) is 9.86. The van der Waals surface area contributed by atoms with Gasteiger partial charge in [0.05, 0.1) is 7.11 Å². The van der Waals surface area contributed by atoms with Gasteiger partial charge in [-0.1, -0.05) is 17.7 Å². The summed E-state index contributed by atoms with van der Waals surface area (Å²) in [5.74, 6) is 0.795. The van der Waals surface area contributed by atoms with Crippen LogP contribution in [0, 0.1) is 0 Å². The summed E-state index contributed by atoms with van der Waals surface area (Å²) in [7, 11) is 5.66. The molecule has 3 nitrogen and oxygen atoms in total. The first-order valence-corrected chi connectivity index (χ1v) is 6.11. The molecule has 0 unspecified atom stereocenters. The quantitative estimate of drug-likeness (QED) is 0.814. The number of hydrogen-bond donors (Lipinski definition) is 1. The second-order valence-corrected chi connectivity index (χ2v) is 4.98. The number of ether oxygens (including phenoxy) is 1. The Morgan fingerprint density at radius 2 is 2.00 bits per heavy atom. The number of aromatic hydroxyl groups is 1. The highest BCUT2D eigenvalue weighted by Gasteiger charge is 2.13. The summed E-state index contributed by atoms with van der Waals surface area (Å²) >= 11 is 0. The maximum Gasteiger partial charge on any atom is 0.164 e. The third-order valence-electron chi connectivity index (χ3n) is 2.74. The lowest BCUT2D eigenvalue weighted by atomic mass is 10.0. The van der Waals surface area contributed by atoms with Crippen LogP contribution in [0.3, 0.4) is 0 Å². The van der Waals surface area contributed by atoms with Crippen LogP contribution < -0.4 is 4.74 Å². The van der Waals surface area contributed by atoms with Crippen molar-refractivity contribution in [3.05, 3.63) is 34.9 Å². The van der Waals surface area contributed by atoms with E-state index in [-0.39, 0.29) is 5.75 Å². The molecule has 0 amide bonds. The fourth-order valence-corrected chi connectivity index (χ4v) is 1.90. The normalized spacial score (nSPS) is 10.6. The van der Waals surface area contributed by atoms with Gasteiger partial charge in [-0.3, -0.25) is 0 Å². The Hall–Kier alpha value is -1.48. The van der Waals surface area contributed by atoms with E-state index in [1.165, 1.54) is 11.1 Å². The van der Waals surface area contributed by atoms with E-state index in [4.69, 9.17) is 4.74 Å². The van der Waals surface area contributed by atoms with Gasteiger partial charge < -0.3 is 14.7 Å². The van der Waals surface area contributed by atoms with Gasteiger partial charge in [-0.25, -0.2) is 0 Å². The minimum Gasteiger partial charge on any atom is -0.504 e. The molecular formula is C15H23NO2. The molecule has 0 aromatic heterocycles. The molecule has 0 radical (unpaired) electrons. The number of nitrogens with zero attached hydrogens (tertiary/aromatic N) is 1. The van der Waals surface area contributed by atoms with Crippen LogP contribution in [0.25, 0.3) is 0 Å². The first-order valence-electron chi connectivity index (χ1n) is 6.11. The van der Waals surface area contributed by atoms with Crippen LogP contribution in [-0.2, 0) is 13.0 Å². The number of phenolic OH excluding ortho intramolecular Hbond substituents is 1. The molecule has 0 bridgehead atoms. The molecule has 1 aromatic rings. The molecular weight excluding hydrogens is 226 g/mol. The molecule has 0 aliphatic carbocycles. The van der Waals surface area contributed by atoms with Gasteiger partial charge in [-0.05, 0) is 46.0 Å². The fraction of sp³-hybridized carbons (Fsp3) is 0.467. The van der Waals surface area contributed by atoms with E-state index in [0.717, 1.165) is 18.5 Å². The highest BCUT2D eigenvalue weighted by Crippen LogP contribution is 2.33. The maximum absolute atomic E-state index is 9.86. The van der Waals surface area contributed by atoms with Gasteiger partial charge in [0.2, 0.25) is 0 Å². The second-order valence-electron chi connectivity index (χ2n) is 4.98. The highest BCUT2D eigenvalue weighted by molar-refractivity contribution is 5.51. The van der Waals surface area contributed by atoms with Crippen molar-refractivity contribution < 1.29 is 9.84 Å². The average molecular weight is 249 g/mol. The van der Waals surface area contributed by atoms with E-state index in [0.29, 0.717) is 5.75 Å². The molecule has 3 heteroatoms. The minimum absolute atomic E-state index is 0.206. The van der Waals surface area contributed by atoms with Gasteiger partial charge in [0.1, 0.15) is 0 Å². The molecule has 18 heavy (non-hydrogen) atoms. The Balaban J connectivity index is 3.20. The largest absolute Gasteiger partial charge is 0.504 e. The van der Waals surface area contributed by atoms with E-state index in [1.807, 2.05) is 20.2 Å². The monoisotopic (exact) mass is 249 g/mol. The van der Waals surface area contributed by atoms with Crippen molar-refractivity contribution in [3.8, 4) is 11.5 Å². The van der Waals surface area contributed by atoms with E-state index in [9.17, 15) is 5.11 Å². The third kappa shape index (κ3) is 3.77. The van der Waals surface area contributed by atoms with Crippen molar-refractivity contribution in [1.29, 1.82) is 0 Å². The Morgan fingerprint density at radius 3 is 2.50 bits per heavy atom. The predicted octanol–water partition coefficient (Wildman–Crippen LogP) is 2.97. The van der Waals surface area contributed by atoms with E-state index in [2.05, 4.69) is 24.8 Å². The number of allylic oxidation sites excluding steroid dienone is 2. The van der Waals surface area contributed by atoms with Crippen LogP contribution in [0.1, 0.15) is 25.0 Å². The van der Waals surface area contributed by atoms with Crippen molar-refractivity contribution >= 4 is 0 Å². The van der Waals surface area contributed by atoms with E-state index >= 15 is 0 Å². The number of methoxy groups -OCH3 is 1. The Morgan fingerprint density at radius 1 is 1.33 bits per heavy atom. The highest BCUT2D eigenvalue weighted by atomic mass is 16.5. The zero-order valence-corrected chi connectivity index (χ0v) is 11.9. The third-order valence-corrected chi connectivity index (χ3v) is 2.74. The zero-order valence-electron chi connectivity index (χ0n) is 11.9. The van der Waals surface area contributed by atoms with Crippen LogP contribution in [0.5, 0.6) is 11.5 Å². The van der Waals surface area contributed by atoms with Crippen LogP contribution >= 0.6 is 0 Å². The molecule has 0 spiro atoms. The van der Waals surface area contributed by atoms with Gasteiger partial charge in [0, 0.05) is 12.1 Å². The van der Waals surface area contributed by atoms with Crippen LogP contribution in [0.4, 0.5) is 0 Å². The second kappa shape index (κ2) is 6.45. The van der Waals surface area contributed by atoms with Crippen molar-refractivity contribution in [2.75, 3.05) is 21.2 Å². The lowest BCUT2D eigenvalue weighted by Crippen LogP contribution is -2.12. The predicted molar refractivity (Wildman–Crippen MR) is 75.2 cm³/mol. The van der Waals surface area contributed by atoms with E-state index in [1.54, 1.807) is 13.2 Å².